The van der Waals surface area contributed by atoms with Crippen LogP contribution in [0.3, 0.4) is 0 Å². The van der Waals surface area contributed by atoms with Crippen LogP contribution in [0.1, 0.15) is 44.5 Å². The van der Waals surface area contributed by atoms with Gasteiger partial charge in [-0.2, -0.15) is 4.98 Å². The molecule has 2 heterocycles. The van der Waals surface area contributed by atoms with Crippen molar-refractivity contribution >= 4 is 6.03 Å². The summed E-state index contributed by atoms with van der Waals surface area (Å²) in [5.41, 5.74) is 0.852. The third-order valence-corrected chi connectivity index (χ3v) is 4.22. The van der Waals surface area contributed by atoms with Crippen LogP contribution in [-0.4, -0.2) is 35.4 Å². The van der Waals surface area contributed by atoms with E-state index in [0.29, 0.717) is 18.3 Å². The largest absolute Gasteiger partial charge is 0.378 e. The summed E-state index contributed by atoms with van der Waals surface area (Å²) in [6.45, 7) is 3.24. The summed E-state index contributed by atoms with van der Waals surface area (Å²) < 4.78 is 10.9. The van der Waals surface area contributed by atoms with Crippen molar-refractivity contribution in [3.8, 4) is 11.5 Å². The molecule has 2 N–H and O–H groups in total. The minimum atomic E-state index is -0.341. The molecule has 0 spiro atoms. The maximum absolute atomic E-state index is 12.0. The zero-order valence-corrected chi connectivity index (χ0v) is 14.4. The predicted molar refractivity (Wildman–Crippen MR) is 92.9 cm³/mol. The number of amides is 2. The maximum atomic E-state index is 12.0. The molecule has 1 aliphatic heterocycles. The van der Waals surface area contributed by atoms with Gasteiger partial charge in [0, 0.05) is 18.7 Å². The quantitative estimate of drug-likeness (QED) is 0.841. The molecule has 1 fully saturated rings. The summed E-state index contributed by atoms with van der Waals surface area (Å²) in [6, 6.07) is 8.95. The molecule has 7 heteroatoms. The summed E-state index contributed by atoms with van der Waals surface area (Å²) in [5.74, 6) is 0.892. The molecule has 0 bridgehead atoms. The first kappa shape index (κ1) is 17.4. The van der Waals surface area contributed by atoms with Crippen LogP contribution >= 0.6 is 0 Å². The summed E-state index contributed by atoms with van der Waals surface area (Å²) in [5, 5.41) is 9.63. The van der Waals surface area contributed by atoms with Crippen molar-refractivity contribution in [1.29, 1.82) is 0 Å². The number of aromatic nitrogens is 2. The highest BCUT2D eigenvalue weighted by Gasteiger charge is 2.17. The molecule has 0 saturated carbocycles. The molecule has 0 radical (unpaired) electrons. The van der Waals surface area contributed by atoms with E-state index in [1.165, 1.54) is 6.42 Å². The maximum Gasteiger partial charge on any atom is 0.315 e. The van der Waals surface area contributed by atoms with Crippen molar-refractivity contribution in [1.82, 2.24) is 20.8 Å². The monoisotopic (exact) mass is 344 g/mol. The van der Waals surface area contributed by atoms with Crippen molar-refractivity contribution < 1.29 is 14.1 Å². The second-order valence-corrected chi connectivity index (χ2v) is 6.22. The molecule has 2 aromatic rings. The highest BCUT2D eigenvalue weighted by atomic mass is 16.5. The van der Waals surface area contributed by atoms with Crippen LogP contribution in [0.4, 0.5) is 4.79 Å². The van der Waals surface area contributed by atoms with Crippen LogP contribution in [0.2, 0.25) is 0 Å². The zero-order chi connectivity index (χ0) is 17.5. The molecule has 1 aliphatic rings. The number of nitrogens with zero attached hydrogens (tertiary/aromatic N) is 2. The molecule has 2 amide bonds. The average molecular weight is 344 g/mol. The van der Waals surface area contributed by atoms with Crippen molar-refractivity contribution in [3.05, 3.63) is 36.2 Å². The topological polar surface area (TPSA) is 89.3 Å². The van der Waals surface area contributed by atoms with Crippen molar-refractivity contribution in [3.63, 3.8) is 0 Å². The Kier molecular flexibility index (Phi) is 6.00. The SMILES string of the molecule is CC(NC(=O)NCCC1CCCCO1)c1noc(-c2ccccc2)n1. The van der Waals surface area contributed by atoms with Gasteiger partial charge in [-0.1, -0.05) is 23.4 Å². The zero-order valence-electron chi connectivity index (χ0n) is 14.4. The van der Waals surface area contributed by atoms with E-state index in [1.54, 1.807) is 0 Å². The van der Waals surface area contributed by atoms with Gasteiger partial charge in [-0.25, -0.2) is 4.79 Å². The number of ether oxygens (including phenoxy) is 1. The third-order valence-electron chi connectivity index (χ3n) is 4.22. The Bertz CT molecular complexity index is 668. The number of carbonyl (C=O) groups is 1. The van der Waals surface area contributed by atoms with Crippen molar-refractivity contribution in [2.75, 3.05) is 13.2 Å². The number of carbonyl (C=O) groups excluding carboxylic acids is 1. The van der Waals surface area contributed by atoms with Crippen molar-refractivity contribution in [2.45, 2.75) is 44.8 Å². The lowest BCUT2D eigenvalue weighted by Gasteiger charge is -2.22. The molecule has 2 atom stereocenters. The van der Waals surface area contributed by atoms with Gasteiger partial charge in [-0.3, -0.25) is 0 Å². The van der Waals surface area contributed by atoms with Crippen molar-refractivity contribution in [2.24, 2.45) is 0 Å². The Morgan fingerprint density at radius 1 is 1.32 bits per heavy atom. The predicted octanol–water partition coefficient (Wildman–Crippen LogP) is 3.06. The molecule has 7 nitrogen and oxygen atoms in total. The van der Waals surface area contributed by atoms with Gasteiger partial charge in [0.15, 0.2) is 5.82 Å². The minimum Gasteiger partial charge on any atom is -0.378 e. The fourth-order valence-electron chi connectivity index (χ4n) is 2.80. The molecule has 25 heavy (non-hydrogen) atoms. The number of nitrogens with one attached hydrogen (secondary N) is 2. The molecule has 1 aromatic carbocycles. The molecular formula is C18H24N4O3. The normalized spacial score (nSPS) is 18.5. The lowest BCUT2D eigenvalue weighted by atomic mass is 10.1. The Labute approximate surface area is 147 Å². The summed E-state index contributed by atoms with van der Waals surface area (Å²) in [6.07, 6.45) is 4.51. The van der Waals surface area contributed by atoms with Crippen LogP contribution in [-0.2, 0) is 4.74 Å². The number of urea groups is 1. The Morgan fingerprint density at radius 3 is 2.92 bits per heavy atom. The van der Waals surface area contributed by atoms with Gasteiger partial charge in [0.1, 0.15) is 0 Å². The fraction of sp³-hybridized carbons (Fsp3) is 0.500. The first-order chi connectivity index (χ1) is 12.2. The van der Waals surface area contributed by atoms with Gasteiger partial charge >= 0.3 is 6.03 Å². The summed E-state index contributed by atoms with van der Waals surface area (Å²) in [4.78, 5) is 16.3. The highest BCUT2D eigenvalue weighted by Crippen LogP contribution is 2.18. The van der Waals surface area contributed by atoms with Crippen LogP contribution in [0.15, 0.2) is 34.9 Å². The Balaban J connectivity index is 1.44. The first-order valence-corrected chi connectivity index (χ1v) is 8.77. The van der Waals surface area contributed by atoms with E-state index in [4.69, 9.17) is 9.26 Å². The molecule has 134 valence electrons. The van der Waals surface area contributed by atoms with Gasteiger partial charge in [0.25, 0.3) is 5.89 Å². The molecular weight excluding hydrogens is 320 g/mol. The van der Waals surface area contributed by atoms with E-state index in [0.717, 1.165) is 31.4 Å². The van der Waals surface area contributed by atoms with E-state index in [9.17, 15) is 4.79 Å². The van der Waals surface area contributed by atoms with Gasteiger partial charge in [0.05, 0.1) is 12.1 Å². The Hall–Kier alpha value is -2.41. The number of hydrogen-bond donors (Lipinski definition) is 2. The minimum absolute atomic E-state index is 0.241. The van der Waals surface area contributed by atoms with Gasteiger partial charge in [-0.05, 0) is 44.7 Å². The van der Waals surface area contributed by atoms with E-state index < -0.39 is 0 Å². The molecule has 2 unspecified atom stereocenters. The second-order valence-electron chi connectivity index (χ2n) is 6.22. The number of benzene rings is 1. The standard InChI is InChI=1S/C18H24N4O3/c1-13(16-21-17(25-22-16)14-7-3-2-4-8-14)20-18(23)19-11-10-15-9-5-6-12-24-15/h2-4,7-8,13,15H,5-6,9-12H2,1H3,(H2,19,20,23). The van der Waals surface area contributed by atoms with Gasteiger partial charge < -0.3 is 19.9 Å². The van der Waals surface area contributed by atoms with Crippen LogP contribution in [0, 0.1) is 0 Å². The number of rotatable bonds is 6. The molecule has 1 saturated heterocycles. The lowest BCUT2D eigenvalue weighted by molar-refractivity contribution is 0.0120. The Morgan fingerprint density at radius 2 is 2.16 bits per heavy atom. The third kappa shape index (κ3) is 5.03. The molecule has 3 rings (SSSR count). The number of hydrogen-bond acceptors (Lipinski definition) is 5. The average Bonchev–Trinajstić information content (AvgIpc) is 3.14. The van der Waals surface area contributed by atoms with Crippen LogP contribution < -0.4 is 10.6 Å². The lowest BCUT2D eigenvalue weighted by Crippen LogP contribution is -2.39. The van der Waals surface area contributed by atoms with Crippen LogP contribution in [0.25, 0.3) is 11.5 Å². The van der Waals surface area contributed by atoms with Gasteiger partial charge in [-0.15, -0.1) is 0 Å². The van der Waals surface area contributed by atoms with E-state index in [1.807, 2.05) is 37.3 Å². The summed E-state index contributed by atoms with van der Waals surface area (Å²) >= 11 is 0. The fourth-order valence-corrected chi connectivity index (χ4v) is 2.80. The molecule has 1 aromatic heterocycles. The van der Waals surface area contributed by atoms with Crippen LogP contribution in [0.5, 0.6) is 0 Å². The molecule has 0 aliphatic carbocycles. The van der Waals surface area contributed by atoms with Gasteiger partial charge in [0.2, 0.25) is 0 Å². The van der Waals surface area contributed by atoms with E-state index in [-0.39, 0.29) is 18.2 Å². The highest BCUT2D eigenvalue weighted by molar-refractivity contribution is 5.74. The smallest absolute Gasteiger partial charge is 0.315 e. The second kappa shape index (κ2) is 8.62. The first-order valence-electron chi connectivity index (χ1n) is 8.77. The van der Waals surface area contributed by atoms with E-state index >= 15 is 0 Å². The van der Waals surface area contributed by atoms with E-state index in [2.05, 4.69) is 20.8 Å². The summed E-state index contributed by atoms with van der Waals surface area (Å²) in [7, 11) is 0.